The summed E-state index contributed by atoms with van der Waals surface area (Å²) in [5.41, 5.74) is 2.07. The highest BCUT2D eigenvalue weighted by atomic mass is 32.2. The molecule has 1 aliphatic heterocycles. The molecular formula is C20H25FN4OS. The average molecular weight is 389 g/mol. The second-order valence-corrected chi connectivity index (χ2v) is 7.37. The summed E-state index contributed by atoms with van der Waals surface area (Å²) >= 11 is 0.961. The van der Waals surface area contributed by atoms with E-state index in [1.165, 1.54) is 12.1 Å². The average Bonchev–Trinajstić information content (AvgIpc) is 2.70. The van der Waals surface area contributed by atoms with E-state index in [-0.39, 0.29) is 5.82 Å². The molecule has 1 heterocycles. The minimum Gasteiger partial charge on any atom is -0.384 e. The van der Waals surface area contributed by atoms with Gasteiger partial charge in [0.05, 0.1) is 16.8 Å². The van der Waals surface area contributed by atoms with Crippen LogP contribution in [0.1, 0.15) is 12.8 Å². The summed E-state index contributed by atoms with van der Waals surface area (Å²) in [4.78, 5) is 16.1. The fraction of sp³-hybridized carbons (Fsp3) is 0.400. The van der Waals surface area contributed by atoms with Gasteiger partial charge in [-0.05, 0) is 55.8 Å². The maximum absolute atomic E-state index is 13.0. The van der Waals surface area contributed by atoms with Crippen molar-refractivity contribution in [1.29, 1.82) is 0 Å². The maximum Gasteiger partial charge on any atom is 0.123 e. The monoisotopic (exact) mass is 388 g/mol. The van der Waals surface area contributed by atoms with Gasteiger partial charge in [-0.2, -0.15) is 0 Å². The minimum absolute atomic E-state index is 0.186. The molecule has 1 fully saturated rings. The van der Waals surface area contributed by atoms with Crippen LogP contribution in [0.3, 0.4) is 0 Å². The number of nitrogens with zero attached hydrogens (tertiary/aromatic N) is 3. The van der Waals surface area contributed by atoms with Gasteiger partial charge in [-0.15, -0.1) is 4.91 Å². The van der Waals surface area contributed by atoms with Gasteiger partial charge in [0, 0.05) is 48.7 Å². The molecule has 0 atom stereocenters. The molecule has 5 nitrogen and oxygen atoms in total. The molecule has 0 amide bonds. The minimum atomic E-state index is -0.186. The van der Waals surface area contributed by atoms with Crippen LogP contribution in [0.4, 0.5) is 15.8 Å². The Morgan fingerprint density at radius 3 is 2.48 bits per heavy atom. The summed E-state index contributed by atoms with van der Waals surface area (Å²) in [6, 6.07) is 14.5. The van der Waals surface area contributed by atoms with Crippen LogP contribution < -0.4 is 10.2 Å². The first kappa shape index (κ1) is 19.6. The first-order valence-electron chi connectivity index (χ1n) is 9.32. The van der Waals surface area contributed by atoms with E-state index in [1.807, 2.05) is 36.4 Å². The summed E-state index contributed by atoms with van der Waals surface area (Å²) < 4.78 is 15.9. The fourth-order valence-electron chi connectivity index (χ4n) is 3.30. The van der Waals surface area contributed by atoms with Gasteiger partial charge in [0.25, 0.3) is 0 Å². The van der Waals surface area contributed by atoms with Crippen LogP contribution >= 0.6 is 11.9 Å². The molecule has 1 saturated heterocycles. The summed E-state index contributed by atoms with van der Waals surface area (Å²) in [7, 11) is 0. The molecule has 0 aromatic heterocycles. The number of unbranched alkanes of at least 4 members (excludes halogenated alkanes) is 1. The normalized spacial score (nSPS) is 14.9. The number of benzene rings is 2. The van der Waals surface area contributed by atoms with Crippen LogP contribution in [-0.2, 0) is 0 Å². The van der Waals surface area contributed by atoms with Crippen molar-refractivity contribution in [2.24, 2.45) is 4.58 Å². The Labute approximate surface area is 164 Å². The maximum atomic E-state index is 13.0. The number of hydrogen-bond donors (Lipinski definition) is 1. The number of piperazine rings is 1. The van der Waals surface area contributed by atoms with E-state index >= 15 is 0 Å². The summed E-state index contributed by atoms with van der Waals surface area (Å²) in [5.74, 6) is -0.186. The Morgan fingerprint density at radius 2 is 1.74 bits per heavy atom. The number of hydrogen-bond acceptors (Lipinski definition) is 6. The van der Waals surface area contributed by atoms with Gasteiger partial charge in [0.2, 0.25) is 0 Å². The predicted molar refractivity (Wildman–Crippen MR) is 111 cm³/mol. The number of para-hydroxylation sites is 1. The highest BCUT2D eigenvalue weighted by molar-refractivity contribution is 7.98. The van der Waals surface area contributed by atoms with E-state index in [2.05, 4.69) is 19.7 Å². The molecule has 0 saturated carbocycles. The molecule has 1 aliphatic rings. The van der Waals surface area contributed by atoms with Gasteiger partial charge in [-0.25, -0.2) is 4.39 Å². The van der Waals surface area contributed by atoms with E-state index in [0.717, 1.165) is 80.3 Å². The van der Waals surface area contributed by atoms with Crippen LogP contribution in [-0.4, -0.2) is 44.2 Å². The number of nitrogens with one attached hydrogen (secondary N) is 1. The molecule has 2 aromatic rings. The zero-order valence-electron chi connectivity index (χ0n) is 15.3. The largest absolute Gasteiger partial charge is 0.384 e. The van der Waals surface area contributed by atoms with Gasteiger partial charge < -0.3 is 10.2 Å². The summed E-state index contributed by atoms with van der Waals surface area (Å²) in [5, 5.41) is 3.39. The van der Waals surface area contributed by atoms with Gasteiger partial charge in [0.1, 0.15) is 5.82 Å². The van der Waals surface area contributed by atoms with Crippen molar-refractivity contribution in [1.82, 2.24) is 4.90 Å². The molecule has 0 bridgehead atoms. The number of nitroso groups, excluding NO2 is 1. The van der Waals surface area contributed by atoms with Crippen molar-refractivity contribution in [3.05, 3.63) is 59.3 Å². The van der Waals surface area contributed by atoms with Crippen molar-refractivity contribution < 1.29 is 4.39 Å². The lowest BCUT2D eigenvalue weighted by atomic mass is 10.2. The second-order valence-electron chi connectivity index (χ2n) is 6.60. The topological polar surface area (TPSA) is 47.9 Å². The molecular weight excluding hydrogens is 363 g/mol. The molecule has 1 N–H and O–H groups in total. The number of anilines is 2. The second kappa shape index (κ2) is 10.3. The van der Waals surface area contributed by atoms with Crippen molar-refractivity contribution in [2.75, 3.05) is 49.5 Å². The molecule has 0 spiro atoms. The highest BCUT2D eigenvalue weighted by Crippen LogP contribution is 2.27. The number of rotatable bonds is 9. The van der Waals surface area contributed by atoms with Crippen LogP contribution in [0.2, 0.25) is 0 Å². The van der Waals surface area contributed by atoms with E-state index < -0.39 is 0 Å². The lowest BCUT2D eigenvalue weighted by Crippen LogP contribution is -2.46. The molecule has 7 heteroatoms. The van der Waals surface area contributed by atoms with Crippen molar-refractivity contribution >= 4 is 23.3 Å². The quantitative estimate of drug-likeness (QED) is 0.386. The van der Waals surface area contributed by atoms with Crippen molar-refractivity contribution in [2.45, 2.75) is 17.7 Å². The molecule has 0 radical (unpaired) electrons. The fourth-order valence-corrected chi connectivity index (χ4v) is 3.76. The van der Waals surface area contributed by atoms with Gasteiger partial charge in [0.15, 0.2) is 0 Å². The lowest BCUT2D eigenvalue weighted by molar-refractivity contribution is 0.254. The van der Waals surface area contributed by atoms with Gasteiger partial charge >= 0.3 is 0 Å². The first-order valence-corrected chi connectivity index (χ1v) is 10.1. The predicted octanol–water partition coefficient (Wildman–Crippen LogP) is 4.61. The Bertz CT molecular complexity index is 720. The van der Waals surface area contributed by atoms with Crippen LogP contribution in [0.25, 0.3) is 0 Å². The Kier molecular flexibility index (Phi) is 7.47. The summed E-state index contributed by atoms with van der Waals surface area (Å²) in [6.45, 7) is 6.00. The molecule has 27 heavy (non-hydrogen) atoms. The Morgan fingerprint density at radius 1 is 1.00 bits per heavy atom. The van der Waals surface area contributed by atoms with Gasteiger partial charge in [-0.3, -0.25) is 4.90 Å². The van der Waals surface area contributed by atoms with Crippen molar-refractivity contribution in [3.8, 4) is 0 Å². The Balaban J connectivity index is 1.33. The zero-order chi connectivity index (χ0) is 18.9. The zero-order valence-corrected chi connectivity index (χ0v) is 16.1. The molecule has 2 aromatic carbocycles. The molecule has 144 valence electrons. The highest BCUT2D eigenvalue weighted by Gasteiger charge is 2.16. The van der Waals surface area contributed by atoms with E-state index in [1.54, 1.807) is 0 Å². The summed E-state index contributed by atoms with van der Waals surface area (Å²) in [6.07, 6.45) is 2.20. The third-order valence-corrected chi connectivity index (χ3v) is 5.43. The van der Waals surface area contributed by atoms with E-state index in [4.69, 9.17) is 0 Å². The Hall–Kier alpha value is -2.12. The van der Waals surface area contributed by atoms with E-state index in [9.17, 15) is 9.30 Å². The van der Waals surface area contributed by atoms with E-state index in [0.29, 0.717) is 0 Å². The standard InChI is InChI=1S/C20H25FN4OS/c21-17-7-9-18(10-8-17)25-15-13-24(14-16-25)12-4-3-11-22-19-5-1-2-6-20(19)27-23-26/h1-2,5-10,22H,3-4,11-16H2. The number of halogens is 1. The van der Waals surface area contributed by atoms with Crippen molar-refractivity contribution in [3.63, 3.8) is 0 Å². The molecule has 0 aliphatic carbocycles. The van der Waals surface area contributed by atoms with Crippen LogP contribution in [0.5, 0.6) is 0 Å². The smallest absolute Gasteiger partial charge is 0.123 e. The molecule has 0 unspecified atom stereocenters. The SMILES string of the molecule is O=NSc1ccccc1NCCCCN1CCN(c2ccc(F)cc2)CC1. The van der Waals surface area contributed by atoms with Crippen LogP contribution in [0, 0.1) is 10.7 Å². The first-order chi connectivity index (χ1) is 13.3. The molecule has 3 rings (SSSR count). The van der Waals surface area contributed by atoms with Gasteiger partial charge in [-0.1, -0.05) is 12.1 Å². The van der Waals surface area contributed by atoms with Crippen LogP contribution in [0.15, 0.2) is 58.0 Å². The third kappa shape index (κ3) is 5.94. The third-order valence-electron chi connectivity index (χ3n) is 4.80. The lowest BCUT2D eigenvalue weighted by Gasteiger charge is -2.36.